The van der Waals surface area contributed by atoms with Gasteiger partial charge in [0, 0.05) is 18.2 Å². The number of halogens is 1. The lowest BCUT2D eigenvalue weighted by Gasteiger charge is -2.23. The molecule has 0 unspecified atom stereocenters. The Hall–Kier alpha value is -3.49. The summed E-state index contributed by atoms with van der Waals surface area (Å²) >= 11 is 0. The van der Waals surface area contributed by atoms with Gasteiger partial charge in [-0.2, -0.15) is 0 Å². The molecular formula is C22H23FN2O6. The van der Waals surface area contributed by atoms with Crippen LogP contribution in [0.15, 0.2) is 44.5 Å². The normalized spacial score (nSPS) is 14.1. The summed E-state index contributed by atoms with van der Waals surface area (Å²) in [6.45, 7) is 6.46. The topological polar surface area (TPSA) is 101 Å². The Kier molecular flexibility index (Phi) is 6.24. The van der Waals surface area contributed by atoms with E-state index in [0.717, 1.165) is 5.56 Å². The molecule has 8 nitrogen and oxygen atoms in total. The molecule has 2 heterocycles. The molecule has 0 aliphatic carbocycles. The SMILES string of the molecule is COc1ccnc2c(=O)n([C@@H](C)C(=O)O[C@@H](C)[C@H](C)c3ccc(C)cc3F)c(=O)oc12. The van der Waals surface area contributed by atoms with Crippen LogP contribution in [0.3, 0.4) is 0 Å². The molecule has 3 atom stereocenters. The minimum Gasteiger partial charge on any atom is -0.493 e. The van der Waals surface area contributed by atoms with E-state index in [0.29, 0.717) is 10.1 Å². The number of methoxy groups -OCH3 is 1. The van der Waals surface area contributed by atoms with Gasteiger partial charge in [-0.3, -0.25) is 4.79 Å². The molecule has 0 saturated carbocycles. The van der Waals surface area contributed by atoms with E-state index in [4.69, 9.17) is 13.9 Å². The first-order chi connectivity index (χ1) is 14.6. The third-order valence-electron chi connectivity index (χ3n) is 5.28. The fraction of sp³-hybridized carbons (Fsp3) is 0.364. The van der Waals surface area contributed by atoms with Crippen LogP contribution in [0.4, 0.5) is 4.39 Å². The van der Waals surface area contributed by atoms with Gasteiger partial charge in [-0.1, -0.05) is 19.1 Å². The van der Waals surface area contributed by atoms with Crippen molar-refractivity contribution < 1.29 is 23.1 Å². The highest BCUT2D eigenvalue weighted by molar-refractivity contribution is 5.78. The number of carbonyl (C=O) groups excluding carboxylic acids is 1. The van der Waals surface area contributed by atoms with Crippen LogP contribution in [0.25, 0.3) is 11.1 Å². The van der Waals surface area contributed by atoms with Crippen LogP contribution >= 0.6 is 0 Å². The smallest absolute Gasteiger partial charge is 0.423 e. The molecule has 0 aliphatic rings. The van der Waals surface area contributed by atoms with Gasteiger partial charge in [0.25, 0.3) is 5.56 Å². The van der Waals surface area contributed by atoms with Crippen molar-refractivity contribution in [1.82, 2.24) is 9.55 Å². The van der Waals surface area contributed by atoms with Gasteiger partial charge in [0.2, 0.25) is 5.58 Å². The maximum atomic E-state index is 14.3. The van der Waals surface area contributed by atoms with Crippen molar-refractivity contribution in [3.05, 3.63) is 68.3 Å². The number of rotatable bonds is 6. The molecule has 9 heteroatoms. The van der Waals surface area contributed by atoms with Crippen LogP contribution in [0.5, 0.6) is 5.75 Å². The third-order valence-corrected chi connectivity index (χ3v) is 5.28. The predicted molar refractivity (Wildman–Crippen MR) is 111 cm³/mol. The Morgan fingerprint density at radius 1 is 1.19 bits per heavy atom. The molecule has 0 fully saturated rings. The molecule has 0 saturated heterocycles. The number of hydrogen-bond donors (Lipinski definition) is 0. The van der Waals surface area contributed by atoms with Gasteiger partial charge < -0.3 is 13.9 Å². The fourth-order valence-corrected chi connectivity index (χ4v) is 3.25. The average Bonchev–Trinajstić information content (AvgIpc) is 2.72. The highest BCUT2D eigenvalue weighted by Crippen LogP contribution is 2.26. The molecule has 164 valence electrons. The van der Waals surface area contributed by atoms with E-state index in [-0.39, 0.29) is 16.8 Å². The van der Waals surface area contributed by atoms with Gasteiger partial charge >= 0.3 is 11.7 Å². The van der Waals surface area contributed by atoms with Crippen molar-refractivity contribution in [1.29, 1.82) is 0 Å². The summed E-state index contributed by atoms with van der Waals surface area (Å²) in [5.74, 6) is -2.55. The molecule has 3 aromatic rings. The van der Waals surface area contributed by atoms with Crippen LogP contribution in [-0.2, 0) is 9.53 Å². The van der Waals surface area contributed by atoms with Crippen LogP contribution in [0, 0.1) is 12.7 Å². The number of carbonyl (C=O) groups is 1. The Morgan fingerprint density at radius 2 is 1.90 bits per heavy atom. The molecule has 0 radical (unpaired) electrons. The summed E-state index contributed by atoms with van der Waals surface area (Å²) in [7, 11) is 1.36. The zero-order chi connectivity index (χ0) is 22.9. The molecule has 31 heavy (non-hydrogen) atoms. The van der Waals surface area contributed by atoms with Crippen LogP contribution in [0.2, 0.25) is 0 Å². The zero-order valence-corrected chi connectivity index (χ0v) is 17.8. The summed E-state index contributed by atoms with van der Waals surface area (Å²) in [6.07, 6.45) is 0.615. The average molecular weight is 430 g/mol. The summed E-state index contributed by atoms with van der Waals surface area (Å²) in [5.41, 5.74) is 0.117. The predicted octanol–water partition coefficient (Wildman–Crippen LogP) is 3.10. The minimum absolute atomic E-state index is 0.103. The Balaban J connectivity index is 1.88. The number of fused-ring (bicyclic) bond motifs is 1. The fourth-order valence-electron chi connectivity index (χ4n) is 3.25. The minimum atomic E-state index is -1.28. The lowest BCUT2D eigenvalue weighted by Crippen LogP contribution is -2.40. The van der Waals surface area contributed by atoms with E-state index in [1.54, 1.807) is 32.9 Å². The molecule has 0 spiro atoms. The van der Waals surface area contributed by atoms with E-state index in [9.17, 15) is 18.8 Å². The number of benzene rings is 1. The van der Waals surface area contributed by atoms with Gasteiger partial charge in [-0.25, -0.2) is 23.5 Å². The zero-order valence-electron chi connectivity index (χ0n) is 17.8. The summed E-state index contributed by atoms with van der Waals surface area (Å²) < 4.78 is 30.6. The first-order valence-electron chi connectivity index (χ1n) is 9.70. The molecule has 0 bridgehead atoms. The molecular weight excluding hydrogens is 407 g/mol. The number of ether oxygens (including phenoxy) is 2. The van der Waals surface area contributed by atoms with Crippen LogP contribution in [-0.4, -0.2) is 28.7 Å². The summed E-state index contributed by atoms with van der Waals surface area (Å²) in [5, 5.41) is 0. The van der Waals surface area contributed by atoms with Gasteiger partial charge in [-0.05, 0) is 38.0 Å². The first-order valence-corrected chi connectivity index (χ1v) is 9.70. The second-order valence-electron chi connectivity index (χ2n) is 7.37. The maximum absolute atomic E-state index is 14.3. The number of hydrogen-bond acceptors (Lipinski definition) is 7. The van der Waals surface area contributed by atoms with Gasteiger partial charge in [0.15, 0.2) is 11.3 Å². The number of pyridine rings is 1. The highest BCUT2D eigenvalue weighted by Gasteiger charge is 2.28. The summed E-state index contributed by atoms with van der Waals surface area (Å²) in [4.78, 5) is 41.9. The largest absolute Gasteiger partial charge is 0.493 e. The van der Waals surface area contributed by atoms with Gasteiger partial charge in [0.05, 0.1) is 7.11 Å². The van der Waals surface area contributed by atoms with E-state index in [2.05, 4.69) is 4.98 Å². The Labute approximate surface area is 177 Å². The van der Waals surface area contributed by atoms with Crippen molar-refractivity contribution in [3.63, 3.8) is 0 Å². The summed E-state index contributed by atoms with van der Waals surface area (Å²) in [6, 6.07) is 4.99. The second kappa shape index (κ2) is 8.71. The molecule has 2 aromatic heterocycles. The van der Waals surface area contributed by atoms with Crippen LogP contribution in [0.1, 0.15) is 43.9 Å². The van der Waals surface area contributed by atoms with Crippen molar-refractivity contribution in [2.24, 2.45) is 0 Å². The molecule has 1 aromatic carbocycles. The van der Waals surface area contributed by atoms with E-state index < -0.39 is 41.2 Å². The van der Waals surface area contributed by atoms with E-state index in [1.807, 2.05) is 0 Å². The maximum Gasteiger partial charge on any atom is 0.423 e. The second-order valence-corrected chi connectivity index (χ2v) is 7.37. The molecule has 0 N–H and O–H groups in total. The number of aromatic nitrogens is 2. The number of aryl methyl sites for hydroxylation is 1. The van der Waals surface area contributed by atoms with Gasteiger partial charge in [0.1, 0.15) is 18.0 Å². The number of esters is 1. The standard InChI is InChI=1S/C22H23FN2O6/c1-11-6-7-15(16(23)10-11)12(2)14(4)30-21(27)13(3)25-20(26)18-19(31-22(25)28)17(29-5)8-9-24-18/h6-10,12-14H,1-5H3/t12-,13-,14-/m0/s1. The quantitative estimate of drug-likeness (QED) is 0.554. The monoisotopic (exact) mass is 430 g/mol. The van der Waals surface area contributed by atoms with Crippen molar-refractivity contribution in [3.8, 4) is 5.75 Å². The van der Waals surface area contributed by atoms with E-state index in [1.165, 1.54) is 32.4 Å². The lowest BCUT2D eigenvalue weighted by molar-refractivity contribution is -0.153. The first kappa shape index (κ1) is 22.2. The lowest BCUT2D eigenvalue weighted by atomic mass is 9.95. The van der Waals surface area contributed by atoms with Gasteiger partial charge in [-0.15, -0.1) is 0 Å². The van der Waals surface area contributed by atoms with E-state index >= 15 is 0 Å². The molecule has 3 rings (SSSR count). The third kappa shape index (κ3) is 4.21. The Bertz CT molecular complexity index is 1250. The van der Waals surface area contributed by atoms with Crippen molar-refractivity contribution >= 4 is 17.1 Å². The van der Waals surface area contributed by atoms with Crippen molar-refractivity contribution in [2.45, 2.75) is 45.8 Å². The Morgan fingerprint density at radius 3 is 2.55 bits per heavy atom. The number of nitrogens with zero attached hydrogens (tertiary/aromatic N) is 2. The van der Waals surface area contributed by atoms with Crippen LogP contribution < -0.4 is 16.1 Å². The molecule has 0 amide bonds. The van der Waals surface area contributed by atoms with Crippen molar-refractivity contribution in [2.75, 3.05) is 7.11 Å². The molecule has 0 aliphatic heterocycles. The highest BCUT2D eigenvalue weighted by atomic mass is 19.1.